The molecule has 1 aromatic carbocycles. The molecule has 3 heterocycles. The van der Waals surface area contributed by atoms with Crippen LogP contribution < -0.4 is 16.0 Å². The number of anilines is 1. The number of carbonyl (C=O) groups excluding carboxylic acids is 1. The first-order valence-electron chi connectivity index (χ1n) is 10.2. The Labute approximate surface area is 175 Å². The van der Waals surface area contributed by atoms with E-state index in [1.54, 1.807) is 18.3 Å². The fourth-order valence-electron chi connectivity index (χ4n) is 4.04. The van der Waals surface area contributed by atoms with E-state index in [1.807, 2.05) is 37.4 Å². The lowest BCUT2D eigenvalue weighted by Crippen LogP contribution is -2.54. The maximum Gasteiger partial charge on any atom is 0.251 e. The smallest absolute Gasteiger partial charge is 0.251 e. The summed E-state index contributed by atoms with van der Waals surface area (Å²) in [5.41, 5.74) is 8.98. The number of nitrogens with one attached hydrogen (secondary N) is 1. The van der Waals surface area contributed by atoms with Gasteiger partial charge in [0.15, 0.2) is 0 Å². The molecule has 2 aromatic heterocycles. The average molecular weight is 406 g/mol. The zero-order valence-corrected chi connectivity index (χ0v) is 17.1. The van der Waals surface area contributed by atoms with Gasteiger partial charge in [-0.3, -0.25) is 14.8 Å². The van der Waals surface area contributed by atoms with Crippen molar-refractivity contribution in [3.05, 3.63) is 65.6 Å². The number of β-amino-alcohol motifs (C(OH)–C–C–N with tert-alkyl or cyclic N) is 1. The van der Waals surface area contributed by atoms with E-state index >= 15 is 0 Å². The normalized spacial score (nSPS) is 19.1. The van der Waals surface area contributed by atoms with Crippen LogP contribution in [0.1, 0.15) is 34.5 Å². The Morgan fingerprint density at radius 1 is 1.30 bits per heavy atom. The minimum atomic E-state index is -1.00. The maximum atomic E-state index is 12.5. The fraction of sp³-hybridized carbons (Fsp3) is 0.348. The molecule has 7 heteroatoms. The quantitative estimate of drug-likeness (QED) is 0.601. The van der Waals surface area contributed by atoms with Crippen molar-refractivity contribution in [2.24, 2.45) is 5.73 Å². The van der Waals surface area contributed by atoms with Gasteiger partial charge in [0.1, 0.15) is 0 Å². The van der Waals surface area contributed by atoms with Gasteiger partial charge in [-0.2, -0.15) is 0 Å². The Bertz CT molecular complexity index is 1050. The summed E-state index contributed by atoms with van der Waals surface area (Å²) >= 11 is 0. The van der Waals surface area contributed by atoms with Crippen molar-refractivity contribution < 1.29 is 9.90 Å². The number of piperidine rings is 1. The summed E-state index contributed by atoms with van der Waals surface area (Å²) in [6, 6.07) is 11.1. The van der Waals surface area contributed by atoms with Crippen LogP contribution in [0.2, 0.25) is 0 Å². The number of nitrogens with zero attached hydrogens (tertiary/aromatic N) is 3. The lowest BCUT2D eigenvalue weighted by atomic mass is 9.92. The summed E-state index contributed by atoms with van der Waals surface area (Å²) in [6.45, 7) is 3.88. The molecule has 30 heavy (non-hydrogen) atoms. The molecule has 0 saturated carbocycles. The van der Waals surface area contributed by atoms with Gasteiger partial charge in [0.05, 0.1) is 11.1 Å². The van der Waals surface area contributed by atoms with E-state index in [4.69, 9.17) is 5.73 Å². The molecular formula is C23H27N5O2. The van der Waals surface area contributed by atoms with Gasteiger partial charge in [-0.15, -0.1) is 0 Å². The Morgan fingerprint density at radius 3 is 2.87 bits per heavy atom. The molecule has 0 unspecified atom stereocenters. The molecule has 1 saturated heterocycles. The van der Waals surface area contributed by atoms with Crippen LogP contribution in [-0.2, 0) is 6.54 Å². The van der Waals surface area contributed by atoms with E-state index in [-0.39, 0.29) is 12.5 Å². The predicted octanol–water partition coefficient (Wildman–Crippen LogP) is 2.16. The van der Waals surface area contributed by atoms with Gasteiger partial charge in [-0.25, -0.2) is 0 Å². The van der Waals surface area contributed by atoms with Crippen molar-refractivity contribution in [3.8, 4) is 0 Å². The zero-order chi connectivity index (χ0) is 21.1. The number of carbonyl (C=O) groups is 1. The predicted molar refractivity (Wildman–Crippen MR) is 117 cm³/mol. The highest BCUT2D eigenvalue weighted by atomic mass is 16.3. The zero-order valence-electron chi connectivity index (χ0n) is 17.1. The molecule has 1 fully saturated rings. The molecule has 156 valence electrons. The van der Waals surface area contributed by atoms with Crippen molar-refractivity contribution in [1.82, 2.24) is 15.3 Å². The number of aromatic nitrogens is 2. The molecule has 4 rings (SSSR count). The third-order valence-corrected chi connectivity index (χ3v) is 5.64. The highest BCUT2D eigenvalue weighted by molar-refractivity contribution is 5.94. The van der Waals surface area contributed by atoms with Gasteiger partial charge in [-0.1, -0.05) is 12.1 Å². The molecule has 1 aliphatic heterocycles. The summed E-state index contributed by atoms with van der Waals surface area (Å²) in [7, 11) is 0. The highest BCUT2D eigenvalue weighted by Crippen LogP contribution is 2.31. The van der Waals surface area contributed by atoms with Crippen molar-refractivity contribution >= 4 is 22.5 Å². The van der Waals surface area contributed by atoms with E-state index < -0.39 is 5.60 Å². The number of rotatable bonds is 5. The molecule has 0 radical (unpaired) electrons. The number of benzene rings is 1. The third-order valence-electron chi connectivity index (χ3n) is 5.64. The van der Waals surface area contributed by atoms with E-state index in [2.05, 4.69) is 20.2 Å². The second-order valence-electron chi connectivity index (χ2n) is 8.01. The Morgan fingerprint density at radius 2 is 2.10 bits per heavy atom. The summed E-state index contributed by atoms with van der Waals surface area (Å²) < 4.78 is 0. The van der Waals surface area contributed by atoms with Crippen molar-refractivity contribution in [2.45, 2.75) is 31.9 Å². The number of hydrogen-bond donors (Lipinski definition) is 3. The van der Waals surface area contributed by atoms with E-state index in [0.29, 0.717) is 25.1 Å². The van der Waals surface area contributed by atoms with Crippen molar-refractivity contribution in [2.75, 3.05) is 24.5 Å². The first-order valence-corrected chi connectivity index (χ1v) is 10.2. The molecular weight excluding hydrogens is 378 g/mol. The SMILES string of the molecule is Cc1cc(N2CCC[C@@](O)(CNC(=O)c3ccc(CN)cc3)C2)c2cnccc2n1. The maximum absolute atomic E-state index is 12.5. The second-order valence-corrected chi connectivity index (χ2v) is 8.01. The lowest BCUT2D eigenvalue weighted by Gasteiger charge is -2.41. The first-order chi connectivity index (χ1) is 14.5. The van der Waals surface area contributed by atoms with Crippen molar-refractivity contribution in [1.29, 1.82) is 0 Å². The molecule has 0 bridgehead atoms. The average Bonchev–Trinajstić information content (AvgIpc) is 2.77. The summed E-state index contributed by atoms with van der Waals surface area (Å²) in [4.78, 5) is 23.5. The van der Waals surface area contributed by atoms with Crippen LogP contribution in [0.4, 0.5) is 5.69 Å². The Kier molecular flexibility index (Phi) is 5.65. The number of aliphatic hydroxyl groups is 1. The molecule has 1 aliphatic rings. The van der Waals surface area contributed by atoms with Crippen LogP contribution in [0.5, 0.6) is 0 Å². The largest absolute Gasteiger partial charge is 0.386 e. The van der Waals surface area contributed by atoms with Crippen LogP contribution >= 0.6 is 0 Å². The molecule has 1 amide bonds. The second kappa shape index (κ2) is 8.38. The number of pyridine rings is 2. The highest BCUT2D eigenvalue weighted by Gasteiger charge is 2.34. The summed E-state index contributed by atoms with van der Waals surface area (Å²) in [5.74, 6) is -0.196. The minimum absolute atomic E-state index is 0.196. The number of aryl methyl sites for hydroxylation is 1. The van der Waals surface area contributed by atoms with Gasteiger partial charge in [0.2, 0.25) is 0 Å². The Balaban J connectivity index is 1.48. The monoisotopic (exact) mass is 405 g/mol. The van der Waals surface area contributed by atoms with Crippen LogP contribution in [-0.4, -0.2) is 46.2 Å². The molecule has 0 spiro atoms. The number of fused-ring (bicyclic) bond motifs is 1. The molecule has 0 aliphatic carbocycles. The Hall–Kier alpha value is -3.03. The fourth-order valence-corrected chi connectivity index (χ4v) is 4.04. The number of nitrogens with two attached hydrogens (primary N) is 1. The topological polar surface area (TPSA) is 104 Å². The van der Waals surface area contributed by atoms with Crippen LogP contribution in [0, 0.1) is 6.92 Å². The van der Waals surface area contributed by atoms with Crippen LogP contribution in [0.3, 0.4) is 0 Å². The molecule has 7 nitrogen and oxygen atoms in total. The number of hydrogen-bond acceptors (Lipinski definition) is 6. The summed E-state index contributed by atoms with van der Waals surface area (Å²) in [5, 5.41) is 15.1. The van der Waals surface area contributed by atoms with Gasteiger partial charge >= 0.3 is 0 Å². The lowest BCUT2D eigenvalue weighted by molar-refractivity contribution is 0.0257. The summed E-state index contributed by atoms with van der Waals surface area (Å²) in [6.07, 6.45) is 5.02. The molecule has 4 N–H and O–H groups in total. The van der Waals surface area contributed by atoms with Crippen LogP contribution in [0.15, 0.2) is 48.8 Å². The van der Waals surface area contributed by atoms with Gasteiger partial charge < -0.3 is 21.1 Å². The van der Waals surface area contributed by atoms with Gasteiger partial charge in [0.25, 0.3) is 5.91 Å². The molecule has 1 atom stereocenters. The van der Waals surface area contributed by atoms with E-state index in [1.165, 1.54) is 0 Å². The van der Waals surface area contributed by atoms with E-state index in [0.717, 1.165) is 40.8 Å². The van der Waals surface area contributed by atoms with E-state index in [9.17, 15) is 9.90 Å². The first kappa shape index (κ1) is 20.3. The van der Waals surface area contributed by atoms with Gasteiger partial charge in [-0.05, 0) is 49.6 Å². The van der Waals surface area contributed by atoms with Crippen molar-refractivity contribution in [3.63, 3.8) is 0 Å². The minimum Gasteiger partial charge on any atom is -0.386 e. The van der Waals surface area contributed by atoms with Gasteiger partial charge in [0, 0.05) is 60.9 Å². The standard InChI is InChI=1S/C23H27N5O2/c1-16-11-21(19-13-25-9-7-20(19)27-16)28-10-2-8-23(30,15-28)14-26-22(29)18-5-3-17(12-24)4-6-18/h3-7,9,11,13,30H,2,8,10,12,14-15,24H2,1H3,(H,26,29)/t23-/m1/s1. The number of amides is 1. The van der Waals surface area contributed by atoms with Crippen LogP contribution in [0.25, 0.3) is 10.9 Å². The molecule has 3 aromatic rings. The third kappa shape index (κ3) is 4.27.